The van der Waals surface area contributed by atoms with Crippen molar-refractivity contribution in [1.82, 2.24) is 0 Å². The van der Waals surface area contributed by atoms with Gasteiger partial charge in [0.25, 0.3) is 5.91 Å². The van der Waals surface area contributed by atoms with Crippen molar-refractivity contribution in [3.63, 3.8) is 0 Å². The highest BCUT2D eigenvalue weighted by Gasteiger charge is 2.36. The molecular weight excluding hydrogens is 485 g/mol. The second-order valence-corrected chi connectivity index (χ2v) is 11.3. The lowest BCUT2D eigenvalue weighted by Gasteiger charge is -2.33. The summed E-state index contributed by atoms with van der Waals surface area (Å²) in [5, 5.41) is 5.74. The van der Waals surface area contributed by atoms with Crippen LogP contribution < -0.4 is 10.6 Å². The van der Waals surface area contributed by atoms with E-state index in [2.05, 4.69) is 31.4 Å². The lowest BCUT2D eigenvalue weighted by Crippen LogP contribution is -2.27. The second-order valence-electron chi connectivity index (χ2n) is 10.2. The van der Waals surface area contributed by atoms with Crippen molar-refractivity contribution in [2.24, 2.45) is 11.3 Å². The van der Waals surface area contributed by atoms with Gasteiger partial charge in [0.1, 0.15) is 5.00 Å². The number of amides is 2. The Morgan fingerprint density at radius 3 is 2.31 bits per heavy atom. The zero-order valence-electron chi connectivity index (χ0n) is 20.5. The Kier molecular flexibility index (Phi) is 7.27. The average Bonchev–Trinajstić information content (AvgIpc) is 3.15. The van der Waals surface area contributed by atoms with Gasteiger partial charge >= 0.3 is 6.18 Å². The average molecular weight is 515 g/mol. The number of thiophene rings is 1. The van der Waals surface area contributed by atoms with Crippen LogP contribution in [0.15, 0.2) is 54.6 Å². The predicted octanol–water partition coefficient (Wildman–Crippen LogP) is 7.35. The number of anilines is 2. The third kappa shape index (κ3) is 5.81. The summed E-state index contributed by atoms with van der Waals surface area (Å²) in [5.74, 6) is -0.524. The van der Waals surface area contributed by atoms with Gasteiger partial charge in [-0.15, -0.1) is 11.3 Å². The van der Waals surface area contributed by atoms with Crippen LogP contribution in [0, 0.1) is 11.3 Å². The van der Waals surface area contributed by atoms with Gasteiger partial charge in [-0.1, -0.05) is 63.2 Å². The lowest BCUT2D eigenvalue weighted by molar-refractivity contribution is -0.136. The molecule has 190 valence electrons. The van der Waals surface area contributed by atoms with E-state index < -0.39 is 17.6 Å². The van der Waals surface area contributed by atoms with E-state index >= 15 is 0 Å². The van der Waals surface area contributed by atoms with Crippen LogP contribution in [0.1, 0.15) is 59.1 Å². The first kappa shape index (κ1) is 25.9. The van der Waals surface area contributed by atoms with Gasteiger partial charge in [0.05, 0.1) is 23.2 Å². The van der Waals surface area contributed by atoms with Gasteiger partial charge in [-0.2, -0.15) is 13.2 Å². The minimum atomic E-state index is -4.61. The van der Waals surface area contributed by atoms with Crippen LogP contribution in [0.5, 0.6) is 0 Å². The molecule has 0 spiro atoms. The summed E-state index contributed by atoms with van der Waals surface area (Å²) >= 11 is 1.35. The van der Waals surface area contributed by atoms with Crippen molar-refractivity contribution in [3.8, 4) is 0 Å². The molecule has 1 atom stereocenters. The molecule has 4 rings (SSSR count). The van der Waals surface area contributed by atoms with Gasteiger partial charge in [-0.05, 0) is 53.9 Å². The normalized spacial score (nSPS) is 15.8. The molecule has 3 aromatic rings. The predicted molar refractivity (Wildman–Crippen MR) is 137 cm³/mol. The molecule has 0 saturated heterocycles. The monoisotopic (exact) mass is 514 g/mol. The summed E-state index contributed by atoms with van der Waals surface area (Å²) in [6.07, 6.45) is -2.22. The Morgan fingerprint density at radius 2 is 1.64 bits per heavy atom. The molecule has 2 N–H and O–H groups in total. The molecule has 1 aliphatic rings. The third-order valence-electron chi connectivity index (χ3n) is 6.66. The largest absolute Gasteiger partial charge is 0.418 e. The molecule has 4 nitrogen and oxygen atoms in total. The van der Waals surface area contributed by atoms with Gasteiger partial charge in [-0.25, -0.2) is 0 Å². The highest BCUT2D eigenvalue weighted by atomic mass is 32.1. The van der Waals surface area contributed by atoms with Gasteiger partial charge in [-0.3, -0.25) is 9.59 Å². The van der Waals surface area contributed by atoms with Crippen LogP contribution in [-0.2, 0) is 30.2 Å². The molecule has 0 radical (unpaired) electrons. The van der Waals surface area contributed by atoms with Crippen LogP contribution >= 0.6 is 11.3 Å². The summed E-state index contributed by atoms with van der Waals surface area (Å²) in [6, 6.07) is 14.1. The summed E-state index contributed by atoms with van der Waals surface area (Å²) in [5.41, 5.74) is 0.768. The number of benzene rings is 2. The minimum Gasteiger partial charge on any atom is -0.321 e. The van der Waals surface area contributed by atoms with Gasteiger partial charge < -0.3 is 10.6 Å². The molecule has 2 aromatic carbocycles. The molecule has 0 saturated carbocycles. The summed E-state index contributed by atoms with van der Waals surface area (Å²) in [6.45, 7) is 6.54. The minimum absolute atomic E-state index is 0.0759. The fourth-order valence-electron chi connectivity index (χ4n) is 4.63. The first-order chi connectivity index (χ1) is 16.9. The van der Waals surface area contributed by atoms with E-state index in [0.29, 0.717) is 17.3 Å². The van der Waals surface area contributed by atoms with Gasteiger partial charge in [0, 0.05) is 4.88 Å². The Hall–Kier alpha value is -3.13. The van der Waals surface area contributed by atoms with Crippen LogP contribution in [0.4, 0.5) is 23.9 Å². The number of hydrogen-bond acceptors (Lipinski definition) is 3. The maximum Gasteiger partial charge on any atom is 0.418 e. The topological polar surface area (TPSA) is 58.2 Å². The molecule has 2 amide bonds. The second kappa shape index (κ2) is 10.1. The van der Waals surface area contributed by atoms with Crippen molar-refractivity contribution in [3.05, 3.63) is 81.7 Å². The molecule has 1 unspecified atom stereocenters. The fraction of sp³-hybridized carbons (Fsp3) is 0.357. The van der Waals surface area contributed by atoms with Crippen LogP contribution in [0.3, 0.4) is 0 Å². The molecule has 36 heavy (non-hydrogen) atoms. The van der Waals surface area contributed by atoms with E-state index in [0.717, 1.165) is 34.9 Å². The molecule has 0 fully saturated rings. The molecule has 0 bridgehead atoms. The van der Waals surface area contributed by atoms with Gasteiger partial charge in [0.15, 0.2) is 0 Å². The molecular formula is C28H29F3N2O2S. The first-order valence-corrected chi connectivity index (χ1v) is 12.7. The maximum atomic E-state index is 13.5. The number of carbonyl (C=O) groups is 2. The van der Waals surface area contributed by atoms with Crippen LogP contribution in [0.2, 0.25) is 0 Å². The summed E-state index contributed by atoms with van der Waals surface area (Å²) < 4.78 is 40.6. The van der Waals surface area contributed by atoms with Gasteiger partial charge in [0.2, 0.25) is 5.91 Å². The number of halogens is 3. The Balaban J connectivity index is 1.67. The maximum absolute atomic E-state index is 13.5. The SMILES string of the molecule is CC(C)(C)C1CCc2c(sc(NC(=O)Cc3ccccc3)c2C(=O)Nc2ccccc2C(F)(F)F)C1. The lowest BCUT2D eigenvalue weighted by atomic mass is 9.72. The van der Waals surface area contributed by atoms with E-state index in [4.69, 9.17) is 0 Å². The van der Waals surface area contributed by atoms with E-state index in [9.17, 15) is 22.8 Å². The van der Waals surface area contributed by atoms with Crippen LogP contribution in [0.25, 0.3) is 0 Å². The molecule has 1 heterocycles. The van der Waals surface area contributed by atoms with Crippen LogP contribution in [-0.4, -0.2) is 11.8 Å². The van der Waals surface area contributed by atoms with E-state index in [1.807, 2.05) is 30.3 Å². The quantitative estimate of drug-likeness (QED) is 0.374. The van der Waals surface area contributed by atoms with Crippen molar-refractivity contribution >= 4 is 33.8 Å². The summed E-state index contributed by atoms with van der Waals surface area (Å²) in [4.78, 5) is 27.3. The molecule has 0 aliphatic heterocycles. The number of rotatable bonds is 5. The fourth-order valence-corrected chi connectivity index (χ4v) is 5.97. The number of para-hydroxylation sites is 1. The number of alkyl halides is 3. The number of carbonyl (C=O) groups excluding carboxylic acids is 2. The summed E-state index contributed by atoms with van der Waals surface area (Å²) in [7, 11) is 0. The Labute approximate surface area is 212 Å². The number of nitrogens with one attached hydrogen (secondary N) is 2. The van der Waals surface area contributed by atoms with E-state index in [1.165, 1.54) is 29.5 Å². The van der Waals surface area contributed by atoms with Crippen molar-refractivity contribution in [1.29, 1.82) is 0 Å². The highest BCUT2D eigenvalue weighted by molar-refractivity contribution is 7.17. The molecule has 8 heteroatoms. The standard InChI is InChI=1S/C28H29F3N2O2S/c1-27(2,3)18-13-14-19-22(16-18)36-26(33-23(34)15-17-9-5-4-6-10-17)24(19)25(35)32-21-12-8-7-11-20(21)28(29,30)31/h4-12,18H,13-16H2,1-3H3,(H,32,35)(H,33,34). The highest BCUT2D eigenvalue weighted by Crippen LogP contribution is 2.45. The smallest absolute Gasteiger partial charge is 0.321 e. The van der Waals surface area contributed by atoms with E-state index in [-0.39, 0.29) is 29.0 Å². The number of fused-ring (bicyclic) bond motifs is 1. The van der Waals surface area contributed by atoms with Crippen molar-refractivity contribution < 1.29 is 22.8 Å². The van der Waals surface area contributed by atoms with Crippen molar-refractivity contribution in [2.45, 2.75) is 52.6 Å². The Morgan fingerprint density at radius 1 is 0.972 bits per heavy atom. The zero-order valence-corrected chi connectivity index (χ0v) is 21.3. The first-order valence-electron chi connectivity index (χ1n) is 11.9. The van der Waals surface area contributed by atoms with E-state index in [1.54, 1.807) is 0 Å². The Bertz CT molecular complexity index is 1260. The third-order valence-corrected chi connectivity index (χ3v) is 7.83. The molecule has 1 aliphatic carbocycles. The zero-order chi connectivity index (χ0) is 26.1. The molecule has 1 aromatic heterocycles. The number of hydrogen-bond donors (Lipinski definition) is 2. The van der Waals surface area contributed by atoms with Crippen molar-refractivity contribution in [2.75, 3.05) is 10.6 Å².